The van der Waals surface area contributed by atoms with E-state index in [1.165, 1.54) is 0 Å². The van der Waals surface area contributed by atoms with E-state index in [0.29, 0.717) is 12.4 Å². The summed E-state index contributed by atoms with van der Waals surface area (Å²) < 4.78 is 0. The molecule has 14 heavy (non-hydrogen) atoms. The molecule has 3 aliphatic rings. The maximum absolute atomic E-state index is 4.26. The standard InChI is InChI=1S/C9H7N5/c1-2-12-9-7-8(11-4-3-10-7)13-6-14(9)5-1/h1-3,5-6H,4H2. The van der Waals surface area contributed by atoms with Crippen LogP contribution in [0.3, 0.4) is 0 Å². The van der Waals surface area contributed by atoms with Gasteiger partial charge in [0.25, 0.3) is 0 Å². The van der Waals surface area contributed by atoms with Gasteiger partial charge in [0, 0.05) is 18.6 Å². The van der Waals surface area contributed by atoms with Crippen LogP contribution in [0, 0.1) is 0 Å². The van der Waals surface area contributed by atoms with Crippen LogP contribution in [0.1, 0.15) is 0 Å². The van der Waals surface area contributed by atoms with E-state index >= 15 is 0 Å². The van der Waals surface area contributed by atoms with Crippen LogP contribution in [-0.2, 0) is 0 Å². The van der Waals surface area contributed by atoms with Gasteiger partial charge in [-0.1, -0.05) is 0 Å². The van der Waals surface area contributed by atoms with Gasteiger partial charge in [-0.3, -0.25) is 14.9 Å². The summed E-state index contributed by atoms with van der Waals surface area (Å²) in [5.74, 6) is 1.46. The summed E-state index contributed by atoms with van der Waals surface area (Å²) in [5.41, 5.74) is 0.749. The van der Waals surface area contributed by atoms with Gasteiger partial charge in [-0.15, -0.1) is 0 Å². The number of nitrogens with zero attached hydrogens (tertiary/aromatic N) is 5. The van der Waals surface area contributed by atoms with Crippen molar-refractivity contribution in [2.45, 2.75) is 0 Å². The SMILES string of the molecule is C1=CN2C=NC3=NCC=NC3=C2N=C1. The van der Waals surface area contributed by atoms with Crippen LogP contribution in [0.4, 0.5) is 0 Å². The van der Waals surface area contributed by atoms with Crippen molar-refractivity contribution < 1.29 is 0 Å². The van der Waals surface area contributed by atoms with Gasteiger partial charge in [-0.2, -0.15) is 0 Å². The molecule has 5 nitrogen and oxygen atoms in total. The third kappa shape index (κ3) is 0.953. The van der Waals surface area contributed by atoms with Crippen molar-refractivity contribution in [2.75, 3.05) is 6.54 Å². The zero-order chi connectivity index (χ0) is 9.38. The third-order valence-corrected chi connectivity index (χ3v) is 2.05. The molecule has 5 heteroatoms. The van der Waals surface area contributed by atoms with E-state index in [1.54, 1.807) is 18.8 Å². The van der Waals surface area contributed by atoms with Gasteiger partial charge in [0.05, 0.1) is 6.54 Å². The van der Waals surface area contributed by atoms with E-state index in [-0.39, 0.29) is 0 Å². The number of amidine groups is 1. The third-order valence-electron chi connectivity index (χ3n) is 2.05. The number of aliphatic imine (C=N–C) groups is 4. The lowest BCUT2D eigenvalue weighted by molar-refractivity contribution is 0.677. The van der Waals surface area contributed by atoms with Gasteiger partial charge in [0.1, 0.15) is 6.34 Å². The number of hydrogen-bond donors (Lipinski definition) is 0. The fourth-order valence-corrected chi connectivity index (χ4v) is 1.43. The minimum atomic E-state index is 0.600. The minimum Gasteiger partial charge on any atom is -0.290 e. The summed E-state index contributed by atoms with van der Waals surface area (Å²) in [6.45, 7) is 0.600. The van der Waals surface area contributed by atoms with Crippen molar-refractivity contribution in [1.29, 1.82) is 0 Å². The van der Waals surface area contributed by atoms with Crippen LogP contribution in [0.2, 0.25) is 0 Å². The van der Waals surface area contributed by atoms with E-state index in [0.717, 1.165) is 11.5 Å². The molecule has 0 saturated carbocycles. The highest BCUT2D eigenvalue weighted by Gasteiger charge is 2.22. The lowest BCUT2D eigenvalue weighted by atomic mass is 10.3. The Balaban J connectivity index is 2.17. The molecule has 0 unspecified atom stereocenters. The van der Waals surface area contributed by atoms with Crippen molar-refractivity contribution in [3.8, 4) is 0 Å². The number of fused-ring (bicyclic) bond motifs is 2. The zero-order valence-corrected chi connectivity index (χ0v) is 7.33. The smallest absolute Gasteiger partial charge is 0.179 e. The minimum absolute atomic E-state index is 0.600. The fourth-order valence-electron chi connectivity index (χ4n) is 1.43. The molecule has 0 amide bonds. The Labute approximate surface area is 80.6 Å². The topological polar surface area (TPSA) is 52.7 Å². The van der Waals surface area contributed by atoms with Gasteiger partial charge >= 0.3 is 0 Å². The molecule has 68 valence electrons. The second kappa shape index (κ2) is 2.73. The molecule has 3 heterocycles. The monoisotopic (exact) mass is 185 g/mol. The Morgan fingerprint density at radius 1 is 1.21 bits per heavy atom. The molecule has 0 radical (unpaired) electrons. The predicted molar refractivity (Wildman–Crippen MR) is 55.8 cm³/mol. The highest BCUT2D eigenvalue weighted by Crippen LogP contribution is 2.21. The molecule has 0 bridgehead atoms. The average molecular weight is 185 g/mol. The Hall–Kier alpha value is -2.04. The second-order valence-electron chi connectivity index (χ2n) is 2.92. The maximum atomic E-state index is 4.26. The van der Waals surface area contributed by atoms with E-state index in [1.807, 2.05) is 17.2 Å². The molecule has 3 aliphatic heterocycles. The highest BCUT2D eigenvalue weighted by atomic mass is 15.3. The van der Waals surface area contributed by atoms with Crippen LogP contribution >= 0.6 is 0 Å². The van der Waals surface area contributed by atoms with Crippen LogP contribution in [0.15, 0.2) is 43.8 Å². The van der Waals surface area contributed by atoms with E-state index in [9.17, 15) is 0 Å². The van der Waals surface area contributed by atoms with Crippen LogP contribution < -0.4 is 0 Å². The highest BCUT2D eigenvalue weighted by molar-refractivity contribution is 6.08. The summed E-state index contributed by atoms with van der Waals surface area (Å²) in [5, 5.41) is 0. The van der Waals surface area contributed by atoms with Crippen LogP contribution in [0.5, 0.6) is 0 Å². The first-order valence-electron chi connectivity index (χ1n) is 4.30. The summed E-state index contributed by atoms with van der Waals surface area (Å²) in [4.78, 5) is 18.7. The molecule has 0 aromatic carbocycles. The molecule has 0 fully saturated rings. The lowest BCUT2D eigenvalue weighted by Crippen LogP contribution is -2.25. The molecular formula is C9H7N5. The quantitative estimate of drug-likeness (QED) is 0.544. The molecule has 0 N–H and O–H groups in total. The zero-order valence-electron chi connectivity index (χ0n) is 7.33. The summed E-state index contributed by atoms with van der Waals surface area (Å²) >= 11 is 0. The summed E-state index contributed by atoms with van der Waals surface area (Å²) in [6, 6.07) is 0. The second-order valence-corrected chi connectivity index (χ2v) is 2.92. The van der Waals surface area contributed by atoms with Crippen molar-refractivity contribution in [1.82, 2.24) is 4.90 Å². The van der Waals surface area contributed by atoms with Gasteiger partial charge < -0.3 is 0 Å². The van der Waals surface area contributed by atoms with Gasteiger partial charge in [0.15, 0.2) is 17.4 Å². The Morgan fingerprint density at radius 2 is 2.21 bits per heavy atom. The molecular weight excluding hydrogens is 178 g/mol. The van der Waals surface area contributed by atoms with Gasteiger partial charge in [0.2, 0.25) is 0 Å². The van der Waals surface area contributed by atoms with E-state index < -0.39 is 0 Å². The summed E-state index contributed by atoms with van der Waals surface area (Å²) in [7, 11) is 0. The maximum Gasteiger partial charge on any atom is 0.179 e. The van der Waals surface area contributed by atoms with Crippen molar-refractivity contribution in [3.63, 3.8) is 0 Å². The van der Waals surface area contributed by atoms with Gasteiger partial charge in [-0.25, -0.2) is 9.98 Å². The first-order valence-corrected chi connectivity index (χ1v) is 4.30. The number of hydrogen-bond acceptors (Lipinski definition) is 5. The molecule has 0 aromatic rings. The Morgan fingerprint density at radius 3 is 3.21 bits per heavy atom. The fraction of sp³-hybridized carbons (Fsp3) is 0.111. The summed E-state index contributed by atoms with van der Waals surface area (Å²) in [6.07, 6.45) is 8.94. The van der Waals surface area contributed by atoms with Crippen molar-refractivity contribution in [3.05, 3.63) is 23.8 Å². The first-order chi connectivity index (χ1) is 6.95. The largest absolute Gasteiger partial charge is 0.290 e. The number of allylic oxidation sites excluding steroid dienone is 1. The molecule has 3 rings (SSSR count). The number of rotatable bonds is 0. The normalized spacial score (nSPS) is 22.3. The average Bonchev–Trinajstić information content (AvgIpc) is 2.29. The van der Waals surface area contributed by atoms with Crippen LogP contribution in [0.25, 0.3) is 0 Å². The van der Waals surface area contributed by atoms with Crippen LogP contribution in [-0.4, -0.2) is 36.0 Å². The predicted octanol–water partition coefficient (Wildman–Crippen LogP) is 0.580. The van der Waals surface area contributed by atoms with Gasteiger partial charge in [-0.05, 0) is 6.08 Å². The van der Waals surface area contributed by atoms with Crippen molar-refractivity contribution in [2.24, 2.45) is 20.0 Å². The van der Waals surface area contributed by atoms with E-state index in [2.05, 4.69) is 20.0 Å². The van der Waals surface area contributed by atoms with E-state index in [4.69, 9.17) is 0 Å². The molecule has 0 atom stereocenters. The molecule has 0 saturated heterocycles. The molecule has 0 aromatic heterocycles. The molecule has 0 spiro atoms. The Kier molecular flexibility index (Phi) is 1.44. The Bertz CT molecular complexity index is 450. The first kappa shape index (κ1) is 7.37. The lowest BCUT2D eigenvalue weighted by Gasteiger charge is -2.23. The van der Waals surface area contributed by atoms with Crippen molar-refractivity contribution >= 4 is 24.6 Å². The molecule has 0 aliphatic carbocycles.